The molecule has 0 aromatic heterocycles. The lowest BCUT2D eigenvalue weighted by Crippen LogP contribution is -2.10. The van der Waals surface area contributed by atoms with E-state index in [0.717, 1.165) is 0 Å². The highest BCUT2D eigenvalue weighted by Gasteiger charge is 2.28. The molecule has 0 fully saturated rings. The molecule has 1 nitrogen and oxygen atoms in total. The number of rotatable bonds is 3. The van der Waals surface area contributed by atoms with E-state index in [-0.39, 0.29) is 12.0 Å². The topological polar surface area (TPSA) is 9.23 Å². The molecule has 0 aliphatic rings. The van der Waals surface area contributed by atoms with E-state index in [0.29, 0.717) is 5.75 Å². The molecular formula is C10H12F2O. The van der Waals surface area contributed by atoms with Crippen molar-refractivity contribution in [2.75, 3.05) is 7.11 Å². The van der Waals surface area contributed by atoms with Crippen molar-refractivity contribution in [3.05, 3.63) is 29.8 Å². The fourth-order valence-electron chi connectivity index (χ4n) is 1.04. The van der Waals surface area contributed by atoms with Gasteiger partial charge in [-0.25, -0.2) is 8.78 Å². The van der Waals surface area contributed by atoms with Crippen molar-refractivity contribution in [3.8, 4) is 5.75 Å². The summed E-state index contributed by atoms with van der Waals surface area (Å²) in [6.45, 7) is 1.46. The van der Waals surface area contributed by atoms with Crippen molar-refractivity contribution in [2.24, 2.45) is 0 Å². The van der Waals surface area contributed by atoms with Gasteiger partial charge in [-0.15, -0.1) is 0 Å². The van der Waals surface area contributed by atoms with Gasteiger partial charge >= 0.3 is 0 Å². The van der Waals surface area contributed by atoms with E-state index in [2.05, 4.69) is 0 Å². The number of hydrogen-bond donors (Lipinski definition) is 0. The number of alkyl halides is 2. The van der Waals surface area contributed by atoms with Crippen LogP contribution in [-0.4, -0.2) is 7.11 Å². The summed E-state index contributed by atoms with van der Waals surface area (Å²) in [4.78, 5) is 0. The van der Waals surface area contributed by atoms with Gasteiger partial charge in [0.2, 0.25) is 0 Å². The zero-order valence-electron chi connectivity index (χ0n) is 7.68. The Hall–Kier alpha value is -1.12. The summed E-state index contributed by atoms with van der Waals surface area (Å²) in [6, 6.07) is 5.86. The van der Waals surface area contributed by atoms with E-state index in [1.165, 1.54) is 26.2 Å². The molecule has 0 radical (unpaired) electrons. The predicted octanol–water partition coefficient (Wildman–Crippen LogP) is 3.20. The van der Waals surface area contributed by atoms with Crippen LogP contribution in [0.25, 0.3) is 0 Å². The molecule has 0 amide bonds. The molecule has 0 bridgehead atoms. The second-order valence-electron chi connectivity index (χ2n) is 2.79. The maximum Gasteiger partial charge on any atom is 0.273 e. The highest BCUT2D eigenvalue weighted by Crippen LogP contribution is 2.31. The Labute approximate surface area is 76.3 Å². The monoisotopic (exact) mass is 186 g/mol. The minimum Gasteiger partial charge on any atom is -0.497 e. The van der Waals surface area contributed by atoms with Crippen LogP contribution in [0.3, 0.4) is 0 Å². The zero-order chi connectivity index (χ0) is 9.90. The number of hydrogen-bond acceptors (Lipinski definition) is 1. The summed E-state index contributed by atoms with van der Waals surface area (Å²) in [6.07, 6.45) is -0.181. The molecule has 0 saturated carbocycles. The van der Waals surface area contributed by atoms with Gasteiger partial charge in [-0.2, -0.15) is 0 Å². The van der Waals surface area contributed by atoms with Gasteiger partial charge < -0.3 is 4.74 Å². The SMILES string of the molecule is CCC(F)(F)c1ccc(OC)cc1. The summed E-state index contributed by atoms with van der Waals surface area (Å²) in [5.41, 5.74) is 0.0378. The Morgan fingerprint density at radius 1 is 1.23 bits per heavy atom. The van der Waals surface area contributed by atoms with Crippen molar-refractivity contribution in [2.45, 2.75) is 19.3 Å². The molecule has 0 heterocycles. The van der Waals surface area contributed by atoms with E-state index in [4.69, 9.17) is 4.74 Å². The van der Waals surface area contributed by atoms with Gasteiger partial charge in [-0.1, -0.05) is 6.92 Å². The first kappa shape index (κ1) is 9.96. The maximum atomic E-state index is 13.1. The number of halogens is 2. The normalized spacial score (nSPS) is 11.4. The van der Waals surface area contributed by atoms with E-state index < -0.39 is 5.92 Å². The number of benzene rings is 1. The molecule has 1 aromatic carbocycles. The summed E-state index contributed by atoms with van der Waals surface area (Å²) in [7, 11) is 1.51. The fraction of sp³-hybridized carbons (Fsp3) is 0.400. The van der Waals surface area contributed by atoms with Crippen LogP contribution in [0.5, 0.6) is 5.75 Å². The molecule has 1 rings (SSSR count). The minimum absolute atomic E-state index is 0.0378. The molecule has 72 valence electrons. The van der Waals surface area contributed by atoms with Crippen LogP contribution in [0.15, 0.2) is 24.3 Å². The smallest absolute Gasteiger partial charge is 0.273 e. The van der Waals surface area contributed by atoms with Gasteiger partial charge in [-0.3, -0.25) is 0 Å². The van der Waals surface area contributed by atoms with E-state index in [1.807, 2.05) is 0 Å². The van der Waals surface area contributed by atoms with Crippen molar-refractivity contribution in [3.63, 3.8) is 0 Å². The standard InChI is InChI=1S/C10H12F2O/c1-3-10(11,12)8-4-6-9(13-2)7-5-8/h4-7H,3H2,1-2H3. The fourth-order valence-corrected chi connectivity index (χ4v) is 1.04. The molecule has 1 aromatic rings. The average molecular weight is 186 g/mol. The Morgan fingerprint density at radius 2 is 1.77 bits per heavy atom. The molecule has 0 N–H and O–H groups in total. The van der Waals surface area contributed by atoms with Crippen LogP contribution in [0.1, 0.15) is 18.9 Å². The molecule has 0 unspecified atom stereocenters. The van der Waals surface area contributed by atoms with Gasteiger partial charge in [0.1, 0.15) is 5.75 Å². The zero-order valence-corrected chi connectivity index (χ0v) is 7.68. The lowest BCUT2D eigenvalue weighted by Gasteiger charge is -2.14. The second kappa shape index (κ2) is 3.73. The molecular weight excluding hydrogens is 174 g/mol. The molecule has 0 atom stereocenters. The van der Waals surface area contributed by atoms with E-state index >= 15 is 0 Å². The summed E-state index contributed by atoms with van der Waals surface area (Å²) >= 11 is 0. The predicted molar refractivity (Wildman–Crippen MR) is 47.2 cm³/mol. The third-order valence-corrected chi connectivity index (χ3v) is 1.96. The van der Waals surface area contributed by atoms with Crippen LogP contribution in [0, 0.1) is 0 Å². The van der Waals surface area contributed by atoms with Crippen molar-refractivity contribution >= 4 is 0 Å². The first-order chi connectivity index (χ1) is 6.10. The molecule has 0 spiro atoms. The Kier molecular flexibility index (Phi) is 2.86. The van der Waals surface area contributed by atoms with Crippen molar-refractivity contribution in [1.29, 1.82) is 0 Å². The number of ether oxygens (including phenoxy) is 1. The molecule has 13 heavy (non-hydrogen) atoms. The van der Waals surface area contributed by atoms with E-state index in [1.54, 1.807) is 12.1 Å². The van der Waals surface area contributed by atoms with Gasteiger partial charge in [0, 0.05) is 12.0 Å². The summed E-state index contributed by atoms with van der Waals surface area (Å²) < 4.78 is 31.0. The Morgan fingerprint density at radius 3 is 2.15 bits per heavy atom. The minimum atomic E-state index is -2.73. The van der Waals surface area contributed by atoms with Crippen LogP contribution < -0.4 is 4.74 Å². The first-order valence-electron chi connectivity index (χ1n) is 4.12. The van der Waals surface area contributed by atoms with Crippen LogP contribution in [0.2, 0.25) is 0 Å². The third-order valence-electron chi connectivity index (χ3n) is 1.96. The van der Waals surface area contributed by atoms with Gasteiger partial charge in [0.05, 0.1) is 7.11 Å². The third kappa shape index (κ3) is 2.17. The number of methoxy groups -OCH3 is 1. The average Bonchev–Trinajstić information content (AvgIpc) is 2.18. The quantitative estimate of drug-likeness (QED) is 0.704. The van der Waals surface area contributed by atoms with Gasteiger partial charge in [-0.05, 0) is 24.3 Å². The largest absolute Gasteiger partial charge is 0.497 e. The summed E-state index contributed by atoms with van der Waals surface area (Å²) in [5, 5.41) is 0. The van der Waals surface area contributed by atoms with Crippen LogP contribution in [0.4, 0.5) is 8.78 Å². The summed E-state index contributed by atoms with van der Waals surface area (Å²) in [5.74, 6) is -2.14. The van der Waals surface area contributed by atoms with Crippen molar-refractivity contribution < 1.29 is 13.5 Å². The van der Waals surface area contributed by atoms with Crippen LogP contribution in [-0.2, 0) is 5.92 Å². The van der Waals surface area contributed by atoms with E-state index in [9.17, 15) is 8.78 Å². The molecule has 0 aliphatic carbocycles. The highest BCUT2D eigenvalue weighted by atomic mass is 19.3. The van der Waals surface area contributed by atoms with Gasteiger partial charge in [0.15, 0.2) is 0 Å². The molecule has 0 saturated heterocycles. The first-order valence-corrected chi connectivity index (χ1v) is 4.12. The molecule has 3 heteroatoms. The lowest BCUT2D eigenvalue weighted by molar-refractivity contribution is -0.00831. The molecule has 0 aliphatic heterocycles. The Bertz CT molecular complexity index is 267. The Balaban J connectivity index is 2.92. The second-order valence-corrected chi connectivity index (χ2v) is 2.79. The highest BCUT2D eigenvalue weighted by molar-refractivity contribution is 5.29. The lowest BCUT2D eigenvalue weighted by atomic mass is 10.1. The van der Waals surface area contributed by atoms with Crippen LogP contribution >= 0.6 is 0 Å². The van der Waals surface area contributed by atoms with Gasteiger partial charge in [0.25, 0.3) is 5.92 Å². The van der Waals surface area contributed by atoms with Crippen molar-refractivity contribution in [1.82, 2.24) is 0 Å². The maximum absolute atomic E-state index is 13.1.